The zero-order valence-corrected chi connectivity index (χ0v) is 12.1. The standard InChI is InChI=1S/C16H23NO3/c1-2-19-15-8-5-7-14(13-18)16(15)20-12-6-11-17-9-3-4-10-17/h5,7-8,13H,2-4,6,9-12H2,1H3. The maximum Gasteiger partial charge on any atom is 0.171 e. The fourth-order valence-corrected chi connectivity index (χ4v) is 2.52. The molecular formula is C16H23NO3. The van der Waals surface area contributed by atoms with E-state index in [1.54, 1.807) is 6.07 Å². The molecule has 0 amide bonds. The molecule has 0 N–H and O–H groups in total. The molecule has 20 heavy (non-hydrogen) atoms. The lowest BCUT2D eigenvalue weighted by Crippen LogP contribution is -2.22. The Morgan fingerprint density at radius 2 is 2.05 bits per heavy atom. The summed E-state index contributed by atoms with van der Waals surface area (Å²) in [5, 5.41) is 0. The molecule has 0 saturated carbocycles. The van der Waals surface area contributed by atoms with Crippen molar-refractivity contribution in [1.82, 2.24) is 4.90 Å². The molecule has 0 spiro atoms. The maximum absolute atomic E-state index is 11.1. The Hall–Kier alpha value is -1.55. The molecule has 1 heterocycles. The van der Waals surface area contributed by atoms with E-state index in [1.165, 1.54) is 25.9 Å². The lowest BCUT2D eigenvalue weighted by atomic mass is 10.2. The van der Waals surface area contributed by atoms with Crippen LogP contribution in [0.15, 0.2) is 18.2 Å². The van der Waals surface area contributed by atoms with E-state index in [4.69, 9.17) is 9.47 Å². The van der Waals surface area contributed by atoms with Gasteiger partial charge in [-0.25, -0.2) is 0 Å². The molecule has 1 aromatic rings. The van der Waals surface area contributed by atoms with Crippen LogP contribution in [0.3, 0.4) is 0 Å². The van der Waals surface area contributed by atoms with Gasteiger partial charge >= 0.3 is 0 Å². The molecule has 0 unspecified atom stereocenters. The molecular weight excluding hydrogens is 254 g/mol. The Kier molecular flexibility index (Phi) is 5.87. The van der Waals surface area contributed by atoms with Gasteiger partial charge in [0.05, 0.1) is 18.8 Å². The molecule has 0 aromatic heterocycles. The molecule has 1 aliphatic heterocycles. The van der Waals surface area contributed by atoms with Crippen molar-refractivity contribution < 1.29 is 14.3 Å². The summed E-state index contributed by atoms with van der Waals surface area (Å²) in [6, 6.07) is 5.41. The van der Waals surface area contributed by atoms with Crippen LogP contribution in [-0.4, -0.2) is 44.0 Å². The number of para-hydroxylation sites is 1. The predicted molar refractivity (Wildman–Crippen MR) is 78.8 cm³/mol. The third-order valence-electron chi connectivity index (χ3n) is 3.50. The number of hydrogen-bond acceptors (Lipinski definition) is 4. The van der Waals surface area contributed by atoms with E-state index in [2.05, 4.69) is 4.90 Å². The van der Waals surface area contributed by atoms with Crippen LogP contribution >= 0.6 is 0 Å². The molecule has 0 radical (unpaired) electrons. The average molecular weight is 277 g/mol. The van der Waals surface area contributed by atoms with Crippen LogP contribution in [0.1, 0.15) is 36.5 Å². The van der Waals surface area contributed by atoms with E-state index in [-0.39, 0.29) is 0 Å². The Morgan fingerprint density at radius 1 is 1.25 bits per heavy atom. The lowest BCUT2D eigenvalue weighted by Gasteiger charge is -2.16. The van der Waals surface area contributed by atoms with E-state index in [9.17, 15) is 4.79 Å². The summed E-state index contributed by atoms with van der Waals surface area (Å²) in [5.41, 5.74) is 0.553. The largest absolute Gasteiger partial charge is 0.490 e. The third kappa shape index (κ3) is 3.97. The fraction of sp³-hybridized carbons (Fsp3) is 0.562. The second-order valence-corrected chi connectivity index (χ2v) is 4.98. The molecule has 1 fully saturated rings. The van der Waals surface area contributed by atoms with Crippen molar-refractivity contribution in [1.29, 1.82) is 0 Å². The number of rotatable bonds is 8. The van der Waals surface area contributed by atoms with Gasteiger partial charge < -0.3 is 14.4 Å². The molecule has 110 valence electrons. The van der Waals surface area contributed by atoms with Gasteiger partial charge in [-0.3, -0.25) is 4.79 Å². The zero-order chi connectivity index (χ0) is 14.2. The number of benzene rings is 1. The summed E-state index contributed by atoms with van der Waals surface area (Å²) in [5.74, 6) is 1.23. The van der Waals surface area contributed by atoms with Gasteiger partial charge in [0.25, 0.3) is 0 Å². The Balaban J connectivity index is 1.88. The molecule has 4 nitrogen and oxygen atoms in total. The lowest BCUT2D eigenvalue weighted by molar-refractivity contribution is 0.111. The van der Waals surface area contributed by atoms with E-state index >= 15 is 0 Å². The minimum Gasteiger partial charge on any atom is -0.490 e. The molecule has 1 saturated heterocycles. The van der Waals surface area contributed by atoms with E-state index in [0.717, 1.165) is 19.3 Å². The van der Waals surface area contributed by atoms with Gasteiger partial charge in [0.1, 0.15) is 0 Å². The number of carbonyl (C=O) groups excluding carboxylic acids is 1. The van der Waals surface area contributed by atoms with Crippen molar-refractivity contribution >= 4 is 6.29 Å². The first-order valence-corrected chi connectivity index (χ1v) is 7.41. The first-order chi connectivity index (χ1) is 9.85. The van der Waals surface area contributed by atoms with Gasteiger partial charge in [0.2, 0.25) is 0 Å². The monoisotopic (exact) mass is 277 g/mol. The van der Waals surface area contributed by atoms with E-state index < -0.39 is 0 Å². The first kappa shape index (κ1) is 14.9. The summed E-state index contributed by atoms with van der Waals surface area (Å²) < 4.78 is 11.3. The number of aldehydes is 1. The van der Waals surface area contributed by atoms with E-state index in [1.807, 2.05) is 19.1 Å². The van der Waals surface area contributed by atoms with Crippen LogP contribution < -0.4 is 9.47 Å². The highest BCUT2D eigenvalue weighted by atomic mass is 16.5. The van der Waals surface area contributed by atoms with Crippen LogP contribution in [-0.2, 0) is 0 Å². The highest BCUT2D eigenvalue weighted by Gasteiger charge is 2.12. The predicted octanol–water partition coefficient (Wildman–Crippen LogP) is 2.76. The SMILES string of the molecule is CCOc1cccc(C=O)c1OCCCN1CCCC1. The summed E-state index contributed by atoms with van der Waals surface area (Å²) in [6.45, 7) is 6.57. The van der Waals surface area contributed by atoms with Crippen LogP contribution in [0, 0.1) is 0 Å². The second-order valence-electron chi connectivity index (χ2n) is 4.98. The van der Waals surface area contributed by atoms with Gasteiger partial charge in [0, 0.05) is 6.54 Å². The third-order valence-corrected chi connectivity index (χ3v) is 3.50. The van der Waals surface area contributed by atoms with Crippen molar-refractivity contribution in [3.8, 4) is 11.5 Å². The first-order valence-electron chi connectivity index (χ1n) is 7.41. The minimum atomic E-state index is 0.553. The van der Waals surface area contributed by atoms with Crippen molar-refractivity contribution in [3.05, 3.63) is 23.8 Å². The molecule has 1 aliphatic rings. The zero-order valence-electron chi connectivity index (χ0n) is 12.1. The van der Waals surface area contributed by atoms with Gasteiger partial charge in [-0.1, -0.05) is 6.07 Å². The summed E-state index contributed by atoms with van der Waals surface area (Å²) in [7, 11) is 0. The normalized spacial score (nSPS) is 15.2. The highest BCUT2D eigenvalue weighted by Crippen LogP contribution is 2.30. The smallest absolute Gasteiger partial charge is 0.171 e. The van der Waals surface area contributed by atoms with Crippen LogP contribution in [0.4, 0.5) is 0 Å². The van der Waals surface area contributed by atoms with Gasteiger partial charge in [0.15, 0.2) is 17.8 Å². The van der Waals surface area contributed by atoms with E-state index in [0.29, 0.717) is 30.3 Å². The second kappa shape index (κ2) is 7.90. The fourth-order valence-electron chi connectivity index (χ4n) is 2.52. The van der Waals surface area contributed by atoms with Crippen LogP contribution in [0.5, 0.6) is 11.5 Å². The molecule has 0 atom stereocenters. The van der Waals surface area contributed by atoms with Crippen LogP contribution in [0.2, 0.25) is 0 Å². The average Bonchev–Trinajstić information content (AvgIpc) is 2.98. The summed E-state index contributed by atoms with van der Waals surface area (Å²) in [4.78, 5) is 13.5. The Bertz CT molecular complexity index is 428. The Morgan fingerprint density at radius 3 is 2.75 bits per heavy atom. The van der Waals surface area contributed by atoms with Gasteiger partial charge in [-0.15, -0.1) is 0 Å². The van der Waals surface area contributed by atoms with Gasteiger partial charge in [-0.05, 0) is 51.4 Å². The molecule has 4 heteroatoms. The molecule has 0 bridgehead atoms. The van der Waals surface area contributed by atoms with Crippen molar-refractivity contribution in [2.75, 3.05) is 32.8 Å². The van der Waals surface area contributed by atoms with Gasteiger partial charge in [-0.2, -0.15) is 0 Å². The molecule has 1 aromatic carbocycles. The highest BCUT2D eigenvalue weighted by molar-refractivity contribution is 5.81. The number of ether oxygens (including phenoxy) is 2. The Labute approximate surface area is 120 Å². The topological polar surface area (TPSA) is 38.8 Å². The molecule has 0 aliphatic carbocycles. The quantitative estimate of drug-likeness (QED) is 0.541. The van der Waals surface area contributed by atoms with Crippen molar-refractivity contribution in [3.63, 3.8) is 0 Å². The number of carbonyl (C=O) groups is 1. The number of nitrogens with zero attached hydrogens (tertiary/aromatic N) is 1. The van der Waals surface area contributed by atoms with Crippen molar-refractivity contribution in [2.24, 2.45) is 0 Å². The summed E-state index contributed by atoms with van der Waals surface area (Å²) in [6.07, 6.45) is 4.41. The maximum atomic E-state index is 11.1. The van der Waals surface area contributed by atoms with Crippen molar-refractivity contribution in [2.45, 2.75) is 26.2 Å². The number of hydrogen-bond donors (Lipinski definition) is 0. The van der Waals surface area contributed by atoms with Crippen LogP contribution in [0.25, 0.3) is 0 Å². The number of likely N-dealkylation sites (tertiary alicyclic amines) is 1. The minimum absolute atomic E-state index is 0.553. The summed E-state index contributed by atoms with van der Waals surface area (Å²) >= 11 is 0. The molecule has 2 rings (SSSR count).